The van der Waals surface area contributed by atoms with Gasteiger partial charge in [0, 0.05) is 32.8 Å². The highest BCUT2D eigenvalue weighted by Crippen LogP contribution is 2.10. The number of hydrogen-bond donors (Lipinski definition) is 1. The Hall–Kier alpha value is -1.92. The topological polar surface area (TPSA) is 81.3 Å². The van der Waals surface area contributed by atoms with E-state index in [9.17, 15) is 4.79 Å². The molecule has 0 rings (SSSR count). The Balaban J connectivity index is 4.35. The van der Waals surface area contributed by atoms with Crippen molar-refractivity contribution >= 4 is 25.0 Å². The highest BCUT2D eigenvalue weighted by molar-refractivity contribution is 5.87. The second-order valence-electron chi connectivity index (χ2n) is 6.06. The van der Waals surface area contributed by atoms with Gasteiger partial charge < -0.3 is 9.64 Å². The van der Waals surface area contributed by atoms with Crippen molar-refractivity contribution in [2.45, 2.75) is 59.5 Å². The van der Waals surface area contributed by atoms with Crippen LogP contribution in [0.1, 0.15) is 53.9 Å². The van der Waals surface area contributed by atoms with Crippen molar-refractivity contribution < 1.29 is 9.53 Å². The summed E-state index contributed by atoms with van der Waals surface area (Å²) in [6, 6.07) is 0. The fraction of sp³-hybridized carbons (Fsp3) is 0.750. The Bertz CT molecular complexity index is 415. The van der Waals surface area contributed by atoms with Crippen molar-refractivity contribution in [3.8, 4) is 0 Å². The minimum atomic E-state index is -0.479. The molecule has 0 spiro atoms. The molecule has 132 valence electrons. The van der Waals surface area contributed by atoms with Crippen LogP contribution in [-0.2, 0) is 4.74 Å². The molecule has 0 radical (unpaired) electrons. The molecule has 7 heteroatoms. The summed E-state index contributed by atoms with van der Waals surface area (Å²) >= 11 is 0. The molecule has 1 N–H and O–H groups in total. The Kier molecular flexibility index (Phi) is 9.85. The molecule has 0 heterocycles. The lowest BCUT2D eigenvalue weighted by Crippen LogP contribution is -2.37. The molecular formula is C16H31N5O2. The standard InChI is InChI=1S/C16H31N5O2/c1-7-14(19-13-17)21(18-6)12-10-9-11-20(8-2)15(22)23-16(3,4)5/h13,17H,6-12H2,1-5H3/b17-13?,19-14-. The van der Waals surface area contributed by atoms with Crippen molar-refractivity contribution in [1.82, 2.24) is 9.91 Å². The quantitative estimate of drug-likeness (QED) is 0.305. The number of unbranched alkanes of at least 4 members (excludes halogenated alkanes) is 1. The number of amidine groups is 1. The molecule has 0 bridgehead atoms. The third-order valence-corrected chi connectivity index (χ3v) is 3.08. The molecule has 0 aromatic heterocycles. The van der Waals surface area contributed by atoms with Gasteiger partial charge in [-0.1, -0.05) is 6.92 Å². The van der Waals surface area contributed by atoms with Crippen LogP contribution in [0.25, 0.3) is 0 Å². The first kappa shape index (κ1) is 21.1. The average molecular weight is 325 g/mol. The van der Waals surface area contributed by atoms with E-state index >= 15 is 0 Å². The van der Waals surface area contributed by atoms with Gasteiger partial charge in [0.15, 0.2) is 0 Å². The van der Waals surface area contributed by atoms with E-state index in [0.717, 1.165) is 25.0 Å². The van der Waals surface area contributed by atoms with Crippen LogP contribution in [0.15, 0.2) is 10.1 Å². The maximum atomic E-state index is 12.0. The zero-order chi connectivity index (χ0) is 17.9. The summed E-state index contributed by atoms with van der Waals surface area (Å²) in [6.07, 6.45) is 3.10. The van der Waals surface area contributed by atoms with Gasteiger partial charge >= 0.3 is 6.09 Å². The Morgan fingerprint density at radius 3 is 2.30 bits per heavy atom. The van der Waals surface area contributed by atoms with Gasteiger partial charge in [-0.15, -0.1) is 0 Å². The van der Waals surface area contributed by atoms with E-state index in [4.69, 9.17) is 10.1 Å². The molecule has 0 saturated heterocycles. The van der Waals surface area contributed by atoms with Crippen LogP contribution in [0.4, 0.5) is 4.79 Å². The number of nitrogens with zero attached hydrogens (tertiary/aromatic N) is 4. The molecule has 0 atom stereocenters. The Morgan fingerprint density at radius 2 is 1.87 bits per heavy atom. The number of ether oxygens (including phenoxy) is 1. The molecule has 7 nitrogen and oxygen atoms in total. The third kappa shape index (κ3) is 8.95. The minimum absolute atomic E-state index is 0.279. The summed E-state index contributed by atoms with van der Waals surface area (Å²) in [5, 5.41) is 12.7. The molecular weight excluding hydrogens is 294 g/mol. The van der Waals surface area contributed by atoms with E-state index in [1.165, 1.54) is 0 Å². The predicted molar refractivity (Wildman–Crippen MR) is 95.5 cm³/mol. The van der Waals surface area contributed by atoms with Crippen LogP contribution in [0.3, 0.4) is 0 Å². The maximum absolute atomic E-state index is 12.0. The Labute approximate surface area is 139 Å². The van der Waals surface area contributed by atoms with E-state index in [2.05, 4.69) is 16.8 Å². The van der Waals surface area contributed by atoms with Crippen molar-refractivity contribution in [2.75, 3.05) is 19.6 Å². The smallest absolute Gasteiger partial charge is 0.410 e. The molecule has 0 fully saturated rings. The molecule has 0 unspecified atom stereocenters. The molecule has 0 aliphatic heterocycles. The number of nitrogens with one attached hydrogen (secondary N) is 1. The number of amides is 1. The predicted octanol–water partition coefficient (Wildman–Crippen LogP) is 3.36. The number of hydrazone groups is 1. The van der Waals surface area contributed by atoms with E-state index in [1.54, 1.807) is 9.91 Å². The third-order valence-electron chi connectivity index (χ3n) is 3.08. The lowest BCUT2D eigenvalue weighted by molar-refractivity contribution is 0.0257. The number of hydrogen-bond acceptors (Lipinski definition) is 4. The van der Waals surface area contributed by atoms with E-state index in [1.807, 2.05) is 34.6 Å². The summed E-state index contributed by atoms with van der Waals surface area (Å²) in [6.45, 7) is 15.0. The average Bonchev–Trinajstić information content (AvgIpc) is 2.47. The second kappa shape index (κ2) is 10.7. The normalized spacial score (nSPS) is 11.8. The SMILES string of the molecule is C=NN(CCCCN(CC)C(=O)OC(C)(C)C)/C(CC)=N\C=N. The molecule has 0 aromatic carbocycles. The zero-order valence-corrected chi connectivity index (χ0v) is 15.1. The Morgan fingerprint density at radius 1 is 1.26 bits per heavy atom. The molecule has 0 aliphatic carbocycles. The number of rotatable bonds is 9. The summed E-state index contributed by atoms with van der Waals surface area (Å²) in [5.74, 6) is 0.717. The number of carbonyl (C=O) groups is 1. The van der Waals surface area contributed by atoms with Crippen molar-refractivity contribution in [2.24, 2.45) is 10.1 Å². The van der Waals surface area contributed by atoms with Gasteiger partial charge in [0.25, 0.3) is 0 Å². The molecule has 23 heavy (non-hydrogen) atoms. The lowest BCUT2D eigenvalue weighted by Gasteiger charge is -2.26. The van der Waals surface area contributed by atoms with Crippen molar-refractivity contribution in [3.63, 3.8) is 0 Å². The van der Waals surface area contributed by atoms with Gasteiger partial charge in [-0.3, -0.25) is 10.4 Å². The van der Waals surface area contributed by atoms with Gasteiger partial charge in [0.2, 0.25) is 0 Å². The number of carbonyl (C=O) groups excluding carboxylic acids is 1. The largest absolute Gasteiger partial charge is 0.444 e. The number of aliphatic imine (C=N–C) groups is 1. The lowest BCUT2D eigenvalue weighted by atomic mass is 10.2. The molecule has 0 aromatic rings. The first-order chi connectivity index (χ1) is 10.8. The fourth-order valence-corrected chi connectivity index (χ4v) is 1.97. The van der Waals surface area contributed by atoms with Crippen LogP contribution in [0, 0.1) is 5.41 Å². The van der Waals surface area contributed by atoms with Gasteiger partial charge in [-0.2, -0.15) is 5.10 Å². The summed E-state index contributed by atoms with van der Waals surface area (Å²) in [4.78, 5) is 17.7. The van der Waals surface area contributed by atoms with Gasteiger partial charge in [0.1, 0.15) is 17.8 Å². The monoisotopic (exact) mass is 325 g/mol. The highest BCUT2D eigenvalue weighted by Gasteiger charge is 2.20. The van der Waals surface area contributed by atoms with E-state index in [0.29, 0.717) is 26.1 Å². The van der Waals surface area contributed by atoms with Crippen LogP contribution in [-0.4, -0.2) is 60.1 Å². The zero-order valence-electron chi connectivity index (χ0n) is 15.1. The highest BCUT2D eigenvalue weighted by atomic mass is 16.6. The van der Waals surface area contributed by atoms with Crippen molar-refractivity contribution in [1.29, 1.82) is 5.41 Å². The van der Waals surface area contributed by atoms with Gasteiger partial charge in [-0.25, -0.2) is 9.79 Å². The molecule has 0 aliphatic rings. The summed E-state index contributed by atoms with van der Waals surface area (Å²) < 4.78 is 5.38. The molecule has 1 amide bonds. The van der Waals surface area contributed by atoms with Crippen LogP contribution in [0.2, 0.25) is 0 Å². The van der Waals surface area contributed by atoms with Crippen LogP contribution >= 0.6 is 0 Å². The van der Waals surface area contributed by atoms with Crippen molar-refractivity contribution in [3.05, 3.63) is 0 Å². The second-order valence-corrected chi connectivity index (χ2v) is 6.06. The summed E-state index contributed by atoms with van der Waals surface area (Å²) in [5.41, 5.74) is -0.479. The van der Waals surface area contributed by atoms with Crippen LogP contribution in [0.5, 0.6) is 0 Å². The maximum Gasteiger partial charge on any atom is 0.410 e. The fourth-order valence-electron chi connectivity index (χ4n) is 1.97. The first-order valence-electron chi connectivity index (χ1n) is 8.06. The summed E-state index contributed by atoms with van der Waals surface area (Å²) in [7, 11) is 0. The van der Waals surface area contributed by atoms with Gasteiger partial charge in [0.05, 0.1) is 0 Å². The first-order valence-corrected chi connectivity index (χ1v) is 8.06. The van der Waals surface area contributed by atoms with E-state index < -0.39 is 5.60 Å². The van der Waals surface area contributed by atoms with E-state index in [-0.39, 0.29) is 6.09 Å². The minimum Gasteiger partial charge on any atom is -0.444 e. The van der Waals surface area contributed by atoms with Gasteiger partial charge in [-0.05, 0) is 40.5 Å². The van der Waals surface area contributed by atoms with Crippen LogP contribution < -0.4 is 0 Å². The molecule has 0 saturated carbocycles.